The summed E-state index contributed by atoms with van der Waals surface area (Å²) in [7, 11) is 1.76. The highest BCUT2D eigenvalue weighted by Gasteiger charge is 2.69. The van der Waals surface area contributed by atoms with Crippen molar-refractivity contribution >= 4 is 19.7 Å². The first-order valence-electron chi connectivity index (χ1n) is 6.05. The van der Waals surface area contributed by atoms with Crippen molar-refractivity contribution in [1.82, 2.24) is 0 Å². The van der Waals surface area contributed by atoms with Gasteiger partial charge in [-0.2, -0.15) is 0 Å². The SMILES string of the molecule is O=S(=O)(Cl)CC12CC(c3ccccc3C(F)F)(C1)C2. The van der Waals surface area contributed by atoms with Gasteiger partial charge >= 0.3 is 0 Å². The molecule has 0 saturated heterocycles. The summed E-state index contributed by atoms with van der Waals surface area (Å²) in [6.07, 6.45) is -0.543. The quantitative estimate of drug-likeness (QED) is 0.796. The molecule has 3 aliphatic rings. The minimum atomic E-state index is -3.52. The standard InChI is InChI=1S/C13H13ClF2O2S/c14-19(17,18)8-12-5-13(6-12,7-12)10-4-2-1-3-9(10)11(15)16/h1-4,11H,5-8H2. The summed E-state index contributed by atoms with van der Waals surface area (Å²) < 4.78 is 48.2. The van der Waals surface area contributed by atoms with Crippen molar-refractivity contribution in [2.24, 2.45) is 5.41 Å². The highest BCUT2D eigenvalue weighted by molar-refractivity contribution is 8.13. The molecule has 3 saturated carbocycles. The molecule has 2 bridgehead atoms. The summed E-state index contributed by atoms with van der Waals surface area (Å²) in [6.45, 7) is 0. The average Bonchev–Trinajstić information content (AvgIpc) is 2.20. The summed E-state index contributed by atoms with van der Waals surface area (Å²) in [5.74, 6) is -0.0415. The molecule has 0 atom stereocenters. The van der Waals surface area contributed by atoms with E-state index in [-0.39, 0.29) is 22.1 Å². The molecule has 0 radical (unpaired) electrons. The number of hydrogen-bond acceptors (Lipinski definition) is 2. The number of alkyl halides is 2. The van der Waals surface area contributed by atoms with Gasteiger partial charge in [0.1, 0.15) is 0 Å². The van der Waals surface area contributed by atoms with Crippen molar-refractivity contribution < 1.29 is 17.2 Å². The number of rotatable bonds is 4. The molecule has 3 aliphatic carbocycles. The summed E-state index contributed by atoms with van der Waals surface area (Å²) in [5.41, 5.74) is 0.244. The van der Waals surface area contributed by atoms with Crippen molar-refractivity contribution in [3.63, 3.8) is 0 Å². The Morgan fingerprint density at radius 3 is 2.32 bits per heavy atom. The molecule has 6 heteroatoms. The van der Waals surface area contributed by atoms with Gasteiger partial charge in [0.15, 0.2) is 0 Å². The van der Waals surface area contributed by atoms with Gasteiger partial charge in [-0.3, -0.25) is 0 Å². The van der Waals surface area contributed by atoms with Gasteiger partial charge in [-0.25, -0.2) is 17.2 Å². The van der Waals surface area contributed by atoms with Crippen LogP contribution in [0.5, 0.6) is 0 Å². The van der Waals surface area contributed by atoms with Crippen molar-refractivity contribution in [1.29, 1.82) is 0 Å². The Hall–Kier alpha value is -0.680. The summed E-state index contributed by atoms with van der Waals surface area (Å²) in [6, 6.07) is 6.55. The zero-order chi connectivity index (χ0) is 13.9. The lowest BCUT2D eigenvalue weighted by Crippen LogP contribution is -2.66. The Bertz CT molecular complexity index is 608. The van der Waals surface area contributed by atoms with Crippen LogP contribution in [0.25, 0.3) is 0 Å². The average molecular weight is 307 g/mol. The summed E-state index contributed by atoms with van der Waals surface area (Å²) >= 11 is 0. The van der Waals surface area contributed by atoms with Gasteiger partial charge in [0, 0.05) is 16.2 Å². The molecule has 0 heterocycles. The van der Waals surface area contributed by atoms with E-state index < -0.39 is 15.5 Å². The van der Waals surface area contributed by atoms with Gasteiger partial charge in [-0.15, -0.1) is 0 Å². The molecular weight excluding hydrogens is 294 g/mol. The molecule has 1 aromatic carbocycles. The van der Waals surface area contributed by atoms with Crippen LogP contribution >= 0.6 is 10.7 Å². The van der Waals surface area contributed by atoms with E-state index in [0.717, 1.165) is 0 Å². The second kappa shape index (κ2) is 3.92. The van der Waals surface area contributed by atoms with E-state index in [4.69, 9.17) is 10.7 Å². The van der Waals surface area contributed by atoms with Gasteiger partial charge in [0.05, 0.1) is 5.75 Å². The number of benzene rings is 1. The lowest BCUT2D eigenvalue weighted by molar-refractivity contribution is -0.123. The van der Waals surface area contributed by atoms with Crippen LogP contribution in [-0.2, 0) is 14.5 Å². The second-order valence-corrected chi connectivity index (χ2v) is 8.66. The van der Waals surface area contributed by atoms with Crippen LogP contribution in [0, 0.1) is 5.41 Å². The Morgan fingerprint density at radius 2 is 1.79 bits per heavy atom. The molecule has 0 N–H and O–H groups in total. The molecule has 1 aromatic rings. The monoisotopic (exact) mass is 306 g/mol. The van der Waals surface area contributed by atoms with E-state index in [1.807, 2.05) is 0 Å². The van der Waals surface area contributed by atoms with Gasteiger partial charge in [0.25, 0.3) is 6.43 Å². The third-order valence-electron chi connectivity index (χ3n) is 4.39. The molecule has 0 spiro atoms. The van der Waals surface area contributed by atoms with Crippen LogP contribution in [0.4, 0.5) is 8.78 Å². The lowest BCUT2D eigenvalue weighted by Gasteiger charge is -2.71. The zero-order valence-corrected chi connectivity index (χ0v) is 11.6. The highest BCUT2D eigenvalue weighted by Crippen LogP contribution is 2.74. The lowest BCUT2D eigenvalue weighted by atomic mass is 9.34. The molecule has 0 amide bonds. The van der Waals surface area contributed by atoms with Gasteiger partial charge < -0.3 is 0 Å². The number of halogens is 3. The van der Waals surface area contributed by atoms with Crippen LogP contribution in [0.2, 0.25) is 0 Å². The summed E-state index contributed by atoms with van der Waals surface area (Å²) in [5, 5.41) is 0. The smallest absolute Gasteiger partial charge is 0.212 e. The van der Waals surface area contributed by atoms with Crippen LogP contribution in [-0.4, -0.2) is 14.2 Å². The Kier molecular flexibility index (Phi) is 2.74. The molecular formula is C13H13ClF2O2S. The van der Waals surface area contributed by atoms with Crippen molar-refractivity contribution in [3.05, 3.63) is 35.4 Å². The van der Waals surface area contributed by atoms with E-state index >= 15 is 0 Å². The van der Waals surface area contributed by atoms with Crippen molar-refractivity contribution in [2.45, 2.75) is 31.1 Å². The van der Waals surface area contributed by atoms with E-state index in [2.05, 4.69) is 0 Å². The van der Waals surface area contributed by atoms with Crippen LogP contribution in [0.3, 0.4) is 0 Å². The molecule has 0 aromatic heterocycles. The van der Waals surface area contributed by atoms with Crippen LogP contribution in [0.1, 0.15) is 36.8 Å². The Morgan fingerprint density at radius 1 is 1.21 bits per heavy atom. The molecule has 19 heavy (non-hydrogen) atoms. The molecule has 2 nitrogen and oxygen atoms in total. The van der Waals surface area contributed by atoms with Gasteiger partial charge in [0.2, 0.25) is 9.05 Å². The van der Waals surface area contributed by atoms with Crippen molar-refractivity contribution in [3.8, 4) is 0 Å². The van der Waals surface area contributed by atoms with E-state index in [9.17, 15) is 17.2 Å². The fourth-order valence-electron chi connectivity index (χ4n) is 3.97. The first-order chi connectivity index (χ1) is 8.75. The topological polar surface area (TPSA) is 34.1 Å². The van der Waals surface area contributed by atoms with E-state index in [1.54, 1.807) is 18.2 Å². The van der Waals surface area contributed by atoms with Gasteiger partial charge in [-0.05, 0) is 35.7 Å². The zero-order valence-electron chi connectivity index (χ0n) is 10.1. The maximum atomic E-state index is 13.0. The second-order valence-electron chi connectivity index (χ2n) is 5.88. The predicted molar refractivity (Wildman–Crippen MR) is 69.0 cm³/mol. The molecule has 3 fully saturated rings. The minimum Gasteiger partial charge on any atom is -0.212 e. The maximum absolute atomic E-state index is 13.0. The van der Waals surface area contributed by atoms with Crippen LogP contribution in [0.15, 0.2) is 24.3 Å². The van der Waals surface area contributed by atoms with Crippen LogP contribution < -0.4 is 0 Å². The molecule has 0 aliphatic heterocycles. The van der Waals surface area contributed by atoms with E-state index in [1.165, 1.54) is 6.07 Å². The first-order valence-corrected chi connectivity index (χ1v) is 8.53. The number of hydrogen-bond donors (Lipinski definition) is 0. The first kappa shape index (κ1) is 13.3. The molecule has 4 rings (SSSR count). The highest BCUT2D eigenvalue weighted by atomic mass is 35.7. The van der Waals surface area contributed by atoms with E-state index in [0.29, 0.717) is 24.8 Å². The minimum absolute atomic E-state index is 0.0415. The fraction of sp³-hybridized carbons (Fsp3) is 0.538. The third-order valence-corrected chi connectivity index (χ3v) is 5.67. The summed E-state index contributed by atoms with van der Waals surface area (Å²) in [4.78, 5) is 0. The largest absolute Gasteiger partial charge is 0.264 e. The normalized spacial score (nSPS) is 32.8. The van der Waals surface area contributed by atoms with Crippen molar-refractivity contribution in [2.75, 3.05) is 5.75 Å². The maximum Gasteiger partial charge on any atom is 0.264 e. The van der Waals surface area contributed by atoms with Gasteiger partial charge in [-0.1, -0.05) is 24.3 Å². The molecule has 104 valence electrons. The third kappa shape index (κ3) is 2.07. The molecule has 0 unspecified atom stereocenters. The Labute approximate surface area is 115 Å². The predicted octanol–water partition coefficient (Wildman–Crippen LogP) is 3.61. The Balaban J connectivity index is 1.83. The fourth-order valence-corrected chi connectivity index (χ4v) is 5.70.